The first-order valence-electron chi connectivity index (χ1n) is 11.5. The zero-order valence-electron chi connectivity index (χ0n) is 19.2. The van der Waals surface area contributed by atoms with Crippen molar-refractivity contribution in [1.29, 1.82) is 0 Å². The molecule has 1 N–H and O–H groups in total. The fraction of sp³-hybridized carbons (Fsp3) is 0.296. The summed E-state index contributed by atoms with van der Waals surface area (Å²) >= 11 is 1.62. The van der Waals surface area contributed by atoms with Gasteiger partial charge >= 0.3 is 5.97 Å². The van der Waals surface area contributed by atoms with E-state index in [4.69, 9.17) is 9.73 Å². The van der Waals surface area contributed by atoms with Crippen molar-refractivity contribution in [2.75, 3.05) is 19.0 Å². The number of esters is 1. The minimum atomic E-state index is -0.430. The molecule has 0 fully saturated rings. The number of fused-ring (bicyclic) bond motifs is 1. The van der Waals surface area contributed by atoms with E-state index in [9.17, 15) is 9.59 Å². The summed E-state index contributed by atoms with van der Waals surface area (Å²) in [6, 6.07) is 16.8. The van der Waals surface area contributed by atoms with Crippen LogP contribution in [0.2, 0.25) is 0 Å². The first kappa shape index (κ1) is 23.7. The van der Waals surface area contributed by atoms with E-state index in [-0.39, 0.29) is 12.5 Å². The number of aliphatic imine (C=N–C) groups is 1. The molecule has 0 bridgehead atoms. The van der Waals surface area contributed by atoms with Gasteiger partial charge in [0.15, 0.2) is 6.61 Å². The predicted octanol–water partition coefficient (Wildman–Crippen LogP) is 5.96. The lowest BCUT2D eigenvalue weighted by atomic mass is 9.96. The molecule has 0 atom stereocenters. The first-order valence-corrected chi connectivity index (χ1v) is 12.3. The van der Waals surface area contributed by atoms with Gasteiger partial charge in [0.1, 0.15) is 10.8 Å². The van der Waals surface area contributed by atoms with Crippen LogP contribution in [-0.2, 0) is 22.4 Å². The average molecular weight is 477 g/mol. The fourth-order valence-corrected chi connectivity index (χ4v) is 5.16. The summed E-state index contributed by atoms with van der Waals surface area (Å²) in [7, 11) is 1.32. The van der Waals surface area contributed by atoms with Crippen LogP contribution in [0, 0.1) is 0 Å². The molecule has 4 rings (SSSR count). The molecule has 0 radical (unpaired) electrons. The normalized spacial score (nSPS) is 13.6. The molecule has 0 spiro atoms. The van der Waals surface area contributed by atoms with Gasteiger partial charge < -0.3 is 14.8 Å². The summed E-state index contributed by atoms with van der Waals surface area (Å²) in [6.07, 6.45) is 8.32. The Hall–Kier alpha value is -3.45. The summed E-state index contributed by atoms with van der Waals surface area (Å²) < 4.78 is 9.98. The van der Waals surface area contributed by atoms with Crippen molar-refractivity contribution in [1.82, 2.24) is 0 Å². The van der Waals surface area contributed by atoms with Crippen LogP contribution in [-0.4, -0.2) is 31.8 Å². The lowest BCUT2D eigenvalue weighted by Gasteiger charge is -2.12. The highest BCUT2D eigenvalue weighted by atomic mass is 32.1. The van der Waals surface area contributed by atoms with Crippen LogP contribution in [0.3, 0.4) is 0 Å². The molecule has 1 amide bonds. The highest BCUT2D eigenvalue weighted by molar-refractivity contribution is 7.16. The van der Waals surface area contributed by atoms with Crippen molar-refractivity contribution in [2.45, 2.75) is 38.5 Å². The molecule has 0 unspecified atom stereocenters. The van der Waals surface area contributed by atoms with Crippen LogP contribution in [0.5, 0.6) is 5.75 Å². The second-order valence-electron chi connectivity index (χ2n) is 8.11. The van der Waals surface area contributed by atoms with Gasteiger partial charge in [-0.15, -0.1) is 11.3 Å². The minimum absolute atomic E-state index is 0.108. The number of carbonyl (C=O) groups excluding carboxylic acids is 2. The van der Waals surface area contributed by atoms with E-state index in [2.05, 4.69) is 10.1 Å². The van der Waals surface area contributed by atoms with Crippen LogP contribution in [0.25, 0.3) is 0 Å². The average Bonchev–Trinajstić information content (AvgIpc) is 3.18. The van der Waals surface area contributed by atoms with E-state index in [0.717, 1.165) is 47.5 Å². The lowest BCUT2D eigenvalue weighted by molar-refractivity contribution is -0.142. The van der Waals surface area contributed by atoms with Gasteiger partial charge in [-0.3, -0.25) is 4.79 Å². The maximum atomic E-state index is 13.3. The first-order chi connectivity index (χ1) is 16.6. The number of methoxy groups -OCH3 is 1. The number of thiophene rings is 1. The standard InChI is InChI=1S/C27H28N2O4S/c1-32-24(30)18-33-21-15-13-19(14-16-21)17-28-27-25(26(31)29-20-9-5-4-6-10-20)22-11-7-2-3-8-12-23(22)34-27/h4-6,9-10,13-17H,2-3,7-8,11-12,18H2,1H3,(H,29,31). The molecule has 176 valence electrons. The number of rotatable bonds is 7. The molecule has 0 aliphatic heterocycles. The molecule has 2 aromatic carbocycles. The quantitative estimate of drug-likeness (QED) is 0.337. The Balaban J connectivity index is 1.57. The Bertz CT molecular complexity index is 1150. The molecule has 1 heterocycles. The van der Waals surface area contributed by atoms with Gasteiger partial charge in [-0.05, 0) is 73.2 Å². The van der Waals surface area contributed by atoms with Crippen molar-refractivity contribution >= 4 is 40.1 Å². The molecule has 6 nitrogen and oxygen atoms in total. The van der Waals surface area contributed by atoms with Crippen molar-refractivity contribution < 1.29 is 19.1 Å². The fourth-order valence-electron chi connectivity index (χ4n) is 3.93. The zero-order chi connectivity index (χ0) is 23.8. The summed E-state index contributed by atoms with van der Waals surface area (Å²) in [4.78, 5) is 30.6. The SMILES string of the molecule is COC(=O)COc1ccc(C=Nc2sc3c(c2C(=O)Nc2ccccc2)CCCCCC3)cc1. The van der Waals surface area contributed by atoms with Crippen molar-refractivity contribution in [2.24, 2.45) is 4.99 Å². The number of nitrogens with one attached hydrogen (secondary N) is 1. The number of hydrogen-bond acceptors (Lipinski definition) is 6. The number of para-hydroxylation sites is 1. The Morgan fingerprint density at radius 1 is 1.00 bits per heavy atom. The Labute approximate surface area is 203 Å². The number of nitrogens with zero attached hydrogens (tertiary/aromatic N) is 1. The molecule has 1 aliphatic carbocycles. The van der Waals surface area contributed by atoms with E-state index in [1.807, 2.05) is 42.5 Å². The second kappa shape index (κ2) is 11.6. The van der Waals surface area contributed by atoms with E-state index < -0.39 is 5.97 Å². The van der Waals surface area contributed by atoms with Gasteiger partial charge in [-0.1, -0.05) is 31.0 Å². The summed E-state index contributed by atoms with van der Waals surface area (Å²) in [6.45, 7) is -0.134. The number of hydrogen-bond donors (Lipinski definition) is 1. The molecule has 34 heavy (non-hydrogen) atoms. The van der Waals surface area contributed by atoms with Crippen LogP contribution in [0.15, 0.2) is 59.6 Å². The number of carbonyl (C=O) groups is 2. The smallest absolute Gasteiger partial charge is 0.343 e. The highest BCUT2D eigenvalue weighted by Gasteiger charge is 2.24. The number of ether oxygens (including phenoxy) is 2. The number of aryl methyl sites for hydroxylation is 1. The maximum Gasteiger partial charge on any atom is 0.343 e. The molecule has 0 saturated heterocycles. The minimum Gasteiger partial charge on any atom is -0.482 e. The van der Waals surface area contributed by atoms with Crippen LogP contribution < -0.4 is 10.1 Å². The van der Waals surface area contributed by atoms with Gasteiger partial charge in [0, 0.05) is 16.8 Å². The van der Waals surface area contributed by atoms with Gasteiger partial charge in [0.05, 0.1) is 12.7 Å². The van der Waals surface area contributed by atoms with Crippen molar-refractivity contribution in [3.63, 3.8) is 0 Å². The summed E-state index contributed by atoms with van der Waals surface area (Å²) in [5, 5.41) is 3.79. The van der Waals surface area contributed by atoms with Gasteiger partial charge in [-0.2, -0.15) is 0 Å². The van der Waals surface area contributed by atoms with Crippen LogP contribution in [0.1, 0.15) is 52.0 Å². The summed E-state index contributed by atoms with van der Waals surface area (Å²) in [5.74, 6) is 0.0350. The van der Waals surface area contributed by atoms with Gasteiger partial charge in [0.25, 0.3) is 5.91 Å². The Morgan fingerprint density at radius 2 is 1.74 bits per heavy atom. The van der Waals surface area contributed by atoms with E-state index in [0.29, 0.717) is 11.3 Å². The number of amides is 1. The molecule has 1 aromatic heterocycles. The monoisotopic (exact) mass is 476 g/mol. The largest absolute Gasteiger partial charge is 0.482 e. The third kappa shape index (κ3) is 6.11. The van der Waals surface area contributed by atoms with Crippen LogP contribution >= 0.6 is 11.3 Å². The number of benzene rings is 2. The van der Waals surface area contributed by atoms with Crippen molar-refractivity contribution in [3.8, 4) is 5.75 Å². The van der Waals surface area contributed by atoms with Crippen molar-refractivity contribution in [3.05, 3.63) is 76.2 Å². The van der Waals surface area contributed by atoms with Crippen LogP contribution in [0.4, 0.5) is 10.7 Å². The van der Waals surface area contributed by atoms with Gasteiger partial charge in [-0.25, -0.2) is 9.79 Å². The molecular weight excluding hydrogens is 448 g/mol. The molecule has 7 heteroatoms. The lowest BCUT2D eigenvalue weighted by Crippen LogP contribution is -2.14. The third-order valence-corrected chi connectivity index (χ3v) is 6.91. The van der Waals surface area contributed by atoms with E-state index in [1.54, 1.807) is 29.7 Å². The Morgan fingerprint density at radius 3 is 2.47 bits per heavy atom. The molecule has 0 saturated carbocycles. The van der Waals surface area contributed by atoms with E-state index >= 15 is 0 Å². The van der Waals surface area contributed by atoms with Gasteiger partial charge in [0.2, 0.25) is 0 Å². The second-order valence-corrected chi connectivity index (χ2v) is 9.19. The molecule has 3 aromatic rings. The van der Waals surface area contributed by atoms with E-state index in [1.165, 1.54) is 24.8 Å². The molecular formula is C27H28N2O4S. The predicted molar refractivity (Wildman–Crippen MR) is 136 cm³/mol. The summed E-state index contributed by atoms with van der Waals surface area (Å²) in [5.41, 5.74) is 3.49. The maximum absolute atomic E-state index is 13.3. The topological polar surface area (TPSA) is 77.0 Å². The Kier molecular flexibility index (Phi) is 8.09. The number of anilines is 1. The molecule has 1 aliphatic rings. The zero-order valence-corrected chi connectivity index (χ0v) is 20.0. The third-order valence-electron chi connectivity index (χ3n) is 5.71. The highest BCUT2D eigenvalue weighted by Crippen LogP contribution is 2.39.